The zero-order valence-corrected chi connectivity index (χ0v) is 33.5. The summed E-state index contributed by atoms with van der Waals surface area (Å²) in [5.74, 6) is 0.424. The van der Waals surface area contributed by atoms with E-state index in [2.05, 4.69) is 27.5 Å². The van der Waals surface area contributed by atoms with Gasteiger partial charge in [0.15, 0.2) is 11.6 Å². The molecule has 7 rings (SSSR count). The number of nitrogens with zero attached hydrogens (tertiary/aromatic N) is 1. The molecular formula is C43H54F2N4O5S. The summed E-state index contributed by atoms with van der Waals surface area (Å²) in [5.41, 5.74) is 0.764. The zero-order valence-electron chi connectivity index (χ0n) is 32.7. The van der Waals surface area contributed by atoms with Crippen molar-refractivity contribution < 1.29 is 32.1 Å². The van der Waals surface area contributed by atoms with Crippen molar-refractivity contribution in [3.63, 3.8) is 0 Å². The monoisotopic (exact) mass is 776 g/mol. The van der Waals surface area contributed by atoms with Crippen LogP contribution in [0, 0.1) is 24.0 Å². The van der Waals surface area contributed by atoms with Crippen molar-refractivity contribution in [1.29, 1.82) is 0 Å². The number of fused-ring (bicyclic) bond motifs is 1. The molecule has 12 heteroatoms. The molecule has 0 unspecified atom stereocenters. The average molecular weight is 777 g/mol. The highest BCUT2D eigenvalue weighted by atomic mass is 32.2. The Morgan fingerprint density at radius 3 is 2.05 bits per heavy atom. The van der Waals surface area contributed by atoms with Gasteiger partial charge in [0.05, 0.1) is 11.1 Å². The molecule has 4 aromatic rings. The molecule has 0 spiro atoms. The molecule has 1 aliphatic heterocycles. The van der Waals surface area contributed by atoms with Gasteiger partial charge in [-0.15, -0.1) is 6.58 Å². The molecule has 0 atom stereocenters. The predicted molar refractivity (Wildman–Crippen MR) is 218 cm³/mol. The molecule has 3 aromatic carbocycles. The summed E-state index contributed by atoms with van der Waals surface area (Å²) < 4.78 is 52.5. The number of ether oxygens (including phenoxy) is 2. The van der Waals surface area contributed by atoms with E-state index in [-0.39, 0.29) is 17.0 Å². The lowest BCUT2D eigenvalue weighted by Crippen LogP contribution is -2.46. The Balaban J connectivity index is 0.000000904. The second kappa shape index (κ2) is 19.8. The summed E-state index contributed by atoms with van der Waals surface area (Å²) in [6.45, 7) is 15.7. The van der Waals surface area contributed by atoms with Gasteiger partial charge in [-0.05, 0) is 106 Å². The fourth-order valence-electron chi connectivity index (χ4n) is 6.07. The number of benzene rings is 3. The lowest BCUT2D eigenvalue weighted by molar-refractivity contribution is -0.131. The molecule has 1 aromatic heterocycles. The van der Waals surface area contributed by atoms with Crippen molar-refractivity contribution in [3.05, 3.63) is 96.7 Å². The third-order valence-electron chi connectivity index (χ3n) is 9.39. The van der Waals surface area contributed by atoms with Crippen LogP contribution < -0.4 is 25.4 Å². The molecule has 2 saturated carbocycles. The Labute approximate surface area is 326 Å². The lowest BCUT2D eigenvalue weighted by Gasteiger charge is -2.28. The molecule has 9 nitrogen and oxygen atoms in total. The predicted octanol–water partition coefficient (Wildman–Crippen LogP) is 9.63. The summed E-state index contributed by atoms with van der Waals surface area (Å²) >= 11 is 0. The fourth-order valence-corrected chi connectivity index (χ4v) is 7.37. The Hall–Kier alpha value is -4.68. The van der Waals surface area contributed by atoms with Gasteiger partial charge in [-0.3, -0.25) is 18.8 Å². The number of aryl methyl sites for hydroxylation is 1. The van der Waals surface area contributed by atoms with Crippen LogP contribution in [0.25, 0.3) is 10.9 Å². The van der Waals surface area contributed by atoms with Crippen LogP contribution in [0.5, 0.6) is 17.2 Å². The van der Waals surface area contributed by atoms with Gasteiger partial charge >= 0.3 is 0 Å². The van der Waals surface area contributed by atoms with E-state index in [0.29, 0.717) is 47.8 Å². The number of allylic oxidation sites excluding steroid dienone is 1. The minimum Gasteiger partial charge on any atom is -0.491 e. The number of aromatic nitrogens is 1. The summed E-state index contributed by atoms with van der Waals surface area (Å²) in [6.07, 6.45) is 7.96. The second-order valence-corrected chi connectivity index (χ2v) is 15.1. The number of hydrogen-bond donors (Lipinski definition) is 3. The number of rotatable bonds is 11. The maximum Gasteiger partial charge on any atom is 0.240 e. The van der Waals surface area contributed by atoms with Crippen molar-refractivity contribution in [1.82, 2.24) is 10.3 Å². The largest absolute Gasteiger partial charge is 0.491 e. The van der Waals surface area contributed by atoms with Crippen LogP contribution >= 0.6 is 0 Å². The third-order valence-corrected chi connectivity index (χ3v) is 10.8. The number of pyridine rings is 1. The van der Waals surface area contributed by atoms with Crippen molar-refractivity contribution in [2.45, 2.75) is 91.6 Å². The van der Waals surface area contributed by atoms with Crippen LogP contribution in [0.1, 0.15) is 78.7 Å². The molecule has 296 valence electrons. The number of carbonyl (C=O) groups is 2. The van der Waals surface area contributed by atoms with Crippen molar-refractivity contribution in [2.75, 3.05) is 28.7 Å². The molecule has 3 aliphatic rings. The minimum absolute atomic E-state index is 0.0398. The van der Waals surface area contributed by atoms with E-state index in [1.165, 1.54) is 36.4 Å². The summed E-state index contributed by atoms with van der Waals surface area (Å²) in [6, 6.07) is 15.2. The van der Waals surface area contributed by atoms with E-state index in [1.807, 2.05) is 53.7 Å². The van der Waals surface area contributed by atoms with E-state index in [0.717, 1.165) is 54.6 Å². The molecule has 2 aliphatic carbocycles. The summed E-state index contributed by atoms with van der Waals surface area (Å²) in [7, 11) is -0.692. The van der Waals surface area contributed by atoms with Crippen LogP contribution in [0.4, 0.5) is 20.2 Å². The van der Waals surface area contributed by atoms with Crippen LogP contribution in [-0.2, 0) is 20.4 Å². The van der Waals surface area contributed by atoms with E-state index in [9.17, 15) is 18.2 Å². The van der Waals surface area contributed by atoms with Gasteiger partial charge in [0.1, 0.15) is 29.3 Å². The van der Waals surface area contributed by atoms with Crippen LogP contribution in [0.15, 0.2) is 79.5 Å². The molecule has 3 N–H and O–H groups in total. The Kier molecular flexibility index (Phi) is 15.5. The third kappa shape index (κ3) is 11.2. The van der Waals surface area contributed by atoms with Gasteiger partial charge in [0.2, 0.25) is 11.8 Å². The molecule has 55 heavy (non-hydrogen) atoms. The quantitative estimate of drug-likeness (QED) is 0.103. The van der Waals surface area contributed by atoms with Gasteiger partial charge in [-0.2, -0.15) is 0 Å². The van der Waals surface area contributed by atoms with Gasteiger partial charge in [0, 0.05) is 63.4 Å². The number of halogens is 2. The van der Waals surface area contributed by atoms with Crippen molar-refractivity contribution >= 4 is 44.9 Å². The first-order chi connectivity index (χ1) is 26.5. The first kappa shape index (κ1) is 43.1. The molecule has 0 bridgehead atoms. The number of hydrogen-bond acceptors (Lipinski definition) is 7. The Bertz CT molecular complexity index is 1960. The molecule has 1 saturated heterocycles. The van der Waals surface area contributed by atoms with Crippen LogP contribution in [0.3, 0.4) is 0 Å². The highest BCUT2D eigenvalue weighted by molar-refractivity contribution is 7.85. The highest BCUT2D eigenvalue weighted by Gasteiger charge is 2.56. The fraction of sp³-hybridized carbons (Fsp3) is 0.419. The number of anilines is 2. The Morgan fingerprint density at radius 1 is 0.873 bits per heavy atom. The van der Waals surface area contributed by atoms with Crippen LogP contribution in [-0.4, -0.2) is 50.7 Å². The number of nitrogens with one attached hydrogen (secondary N) is 3. The maximum absolute atomic E-state index is 15.3. The highest BCUT2D eigenvalue weighted by Crippen LogP contribution is 2.48. The SMILES string of the molecule is C=CC.CC.CC.Cc1cc2c(Oc3ccc(NC(=O)C4(C(=O)Nc5ccc(F)cc5)CC4)cc3F)ccnc2cc1OCC1(NC2CCS(=O)CC2)CC1. The molecule has 3 fully saturated rings. The average Bonchev–Trinajstić information content (AvgIpc) is 4.13. The molecule has 2 amide bonds. The summed E-state index contributed by atoms with van der Waals surface area (Å²) in [4.78, 5) is 30.4. The van der Waals surface area contributed by atoms with Gasteiger partial charge < -0.3 is 25.4 Å². The molecule has 2 heterocycles. The Morgan fingerprint density at radius 2 is 1.47 bits per heavy atom. The van der Waals surface area contributed by atoms with E-state index < -0.39 is 39.7 Å². The molecule has 0 radical (unpaired) electrons. The van der Waals surface area contributed by atoms with E-state index >= 15 is 4.39 Å². The van der Waals surface area contributed by atoms with E-state index in [1.54, 1.807) is 18.3 Å². The minimum atomic E-state index is -1.27. The smallest absolute Gasteiger partial charge is 0.240 e. The van der Waals surface area contributed by atoms with Gasteiger partial charge in [0.25, 0.3) is 0 Å². The standard InChI is InChI=1S/C36H36F2N4O5S.C3H6.2C2H6/c1-22-18-27-29(20-32(22)46-21-35(11-12-35)42-25-9-16-48(45)17-10-25)39-15-8-30(27)47-31-7-6-26(19-28(31)38)41-34(44)36(13-14-36)33(43)40-24-4-2-23(37)3-5-24;1-3-2;2*1-2/h2-8,15,18-20,25,42H,9-14,16-17,21H2,1H3,(H,40,43)(H,41,44);3H,1H2,2H3;2*1-2H3. The first-order valence-corrected chi connectivity index (χ1v) is 20.6. The van der Waals surface area contributed by atoms with Crippen LogP contribution in [0.2, 0.25) is 0 Å². The van der Waals surface area contributed by atoms with Crippen molar-refractivity contribution in [2.24, 2.45) is 5.41 Å². The van der Waals surface area contributed by atoms with Gasteiger partial charge in [-0.1, -0.05) is 33.8 Å². The first-order valence-electron chi connectivity index (χ1n) is 19.1. The lowest BCUT2D eigenvalue weighted by atomic mass is 10.0. The molecular weight excluding hydrogens is 723 g/mol. The normalized spacial score (nSPS) is 18.3. The topological polar surface area (TPSA) is 119 Å². The number of amides is 2. The van der Waals surface area contributed by atoms with Gasteiger partial charge in [-0.25, -0.2) is 8.78 Å². The van der Waals surface area contributed by atoms with E-state index in [4.69, 9.17) is 9.47 Å². The maximum atomic E-state index is 15.3. The van der Waals surface area contributed by atoms with Crippen molar-refractivity contribution in [3.8, 4) is 17.2 Å². The zero-order chi connectivity index (χ0) is 40.2. The number of carbonyl (C=O) groups excluding carboxylic acids is 2. The second-order valence-electron chi connectivity index (χ2n) is 13.4. The summed E-state index contributed by atoms with van der Waals surface area (Å²) in [5, 5.41) is 9.75.